The average molecular weight is 490 g/mol. The number of nitrogens with zero attached hydrogens (tertiary/aromatic N) is 2. The van der Waals surface area contributed by atoms with Crippen LogP contribution < -0.4 is 9.46 Å². The number of anilines is 1. The molecule has 3 atom stereocenters. The fraction of sp³-hybridized carbons (Fsp3) is 0.480. The summed E-state index contributed by atoms with van der Waals surface area (Å²) in [7, 11) is 0.145. The number of amides is 1. The number of fused-ring (bicyclic) bond motifs is 1. The van der Waals surface area contributed by atoms with Crippen LogP contribution in [0.25, 0.3) is 0 Å². The molecule has 1 aliphatic rings. The summed E-state index contributed by atoms with van der Waals surface area (Å²) in [6.07, 6.45) is -0.149. The maximum absolute atomic E-state index is 13.2. The summed E-state index contributed by atoms with van der Waals surface area (Å²) in [4.78, 5) is 17.1. The minimum Gasteiger partial charge on any atom is -0.488 e. The molecule has 0 aliphatic carbocycles. The number of nitrogens with one attached hydrogen (secondary N) is 1. The summed E-state index contributed by atoms with van der Waals surface area (Å²) in [5.41, 5.74) is 1.92. The van der Waals surface area contributed by atoms with Crippen LogP contribution in [0.2, 0.25) is 0 Å². The van der Waals surface area contributed by atoms with Crippen molar-refractivity contribution in [2.75, 3.05) is 38.5 Å². The molecule has 186 valence electrons. The Kier molecular flexibility index (Phi) is 8.22. The number of benzene rings is 2. The van der Waals surface area contributed by atoms with Gasteiger partial charge in [0.25, 0.3) is 10.0 Å². The van der Waals surface area contributed by atoms with Gasteiger partial charge in [0, 0.05) is 30.3 Å². The Morgan fingerprint density at radius 1 is 1.21 bits per heavy atom. The molecule has 3 rings (SSSR count). The van der Waals surface area contributed by atoms with Gasteiger partial charge in [-0.25, -0.2) is 8.42 Å². The zero-order chi connectivity index (χ0) is 25.0. The van der Waals surface area contributed by atoms with Gasteiger partial charge in [-0.05, 0) is 58.3 Å². The van der Waals surface area contributed by atoms with E-state index >= 15 is 0 Å². The Morgan fingerprint density at radius 3 is 2.50 bits per heavy atom. The number of aliphatic hydroxyl groups excluding tert-OH is 1. The van der Waals surface area contributed by atoms with Crippen LogP contribution in [0.3, 0.4) is 0 Å². The molecule has 9 heteroatoms. The van der Waals surface area contributed by atoms with Crippen LogP contribution in [-0.4, -0.2) is 75.2 Å². The van der Waals surface area contributed by atoms with Crippen molar-refractivity contribution in [3.63, 3.8) is 0 Å². The highest BCUT2D eigenvalue weighted by molar-refractivity contribution is 7.92. The lowest BCUT2D eigenvalue weighted by molar-refractivity contribution is -0.134. The fourth-order valence-corrected chi connectivity index (χ4v) is 5.05. The van der Waals surface area contributed by atoms with E-state index in [2.05, 4.69) is 4.72 Å². The summed E-state index contributed by atoms with van der Waals surface area (Å²) in [6, 6.07) is 11.3. The number of likely N-dealkylation sites (N-methyl/N-ethyl adjacent to an activating group) is 1. The van der Waals surface area contributed by atoms with Crippen molar-refractivity contribution in [1.29, 1.82) is 0 Å². The molecule has 0 unspecified atom stereocenters. The minimum atomic E-state index is -3.78. The smallest absolute Gasteiger partial charge is 0.261 e. The van der Waals surface area contributed by atoms with Crippen LogP contribution in [0, 0.1) is 12.8 Å². The normalized spacial score (nSPS) is 20.1. The van der Waals surface area contributed by atoms with E-state index in [4.69, 9.17) is 4.74 Å². The molecule has 2 N–H and O–H groups in total. The third kappa shape index (κ3) is 6.28. The maximum atomic E-state index is 13.2. The molecule has 0 bridgehead atoms. The lowest BCUT2D eigenvalue weighted by atomic mass is 10.0. The van der Waals surface area contributed by atoms with Crippen molar-refractivity contribution < 1.29 is 23.1 Å². The molecule has 1 aliphatic heterocycles. The molecule has 1 amide bonds. The summed E-state index contributed by atoms with van der Waals surface area (Å²) in [5, 5.41) is 9.72. The number of ether oxygens (including phenoxy) is 1. The lowest BCUT2D eigenvalue weighted by Gasteiger charge is -2.33. The van der Waals surface area contributed by atoms with Crippen molar-refractivity contribution in [3.8, 4) is 5.75 Å². The Bertz CT molecular complexity index is 1100. The minimum absolute atomic E-state index is 0.0195. The largest absolute Gasteiger partial charge is 0.488 e. The van der Waals surface area contributed by atoms with Gasteiger partial charge in [-0.3, -0.25) is 9.52 Å². The molecule has 34 heavy (non-hydrogen) atoms. The molecule has 0 fully saturated rings. The number of rotatable bonds is 7. The van der Waals surface area contributed by atoms with Gasteiger partial charge in [0.05, 0.1) is 24.0 Å². The second kappa shape index (κ2) is 10.8. The molecule has 0 radical (unpaired) electrons. The van der Waals surface area contributed by atoms with E-state index in [1.807, 2.05) is 39.8 Å². The van der Waals surface area contributed by atoms with Gasteiger partial charge in [0.15, 0.2) is 0 Å². The molecular weight excluding hydrogens is 454 g/mol. The number of aryl methyl sites for hydroxylation is 1. The monoisotopic (exact) mass is 489 g/mol. The summed E-state index contributed by atoms with van der Waals surface area (Å²) >= 11 is 0. The van der Waals surface area contributed by atoms with E-state index in [0.29, 0.717) is 30.1 Å². The number of aliphatic hydroxyl groups is 1. The van der Waals surface area contributed by atoms with Crippen molar-refractivity contribution in [3.05, 3.63) is 53.6 Å². The lowest BCUT2D eigenvalue weighted by Crippen LogP contribution is -2.47. The van der Waals surface area contributed by atoms with E-state index in [1.54, 1.807) is 47.4 Å². The zero-order valence-electron chi connectivity index (χ0n) is 20.5. The molecule has 2 aromatic carbocycles. The molecule has 8 nitrogen and oxygen atoms in total. The summed E-state index contributed by atoms with van der Waals surface area (Å²) in [5.74, 6) is 0.442. The van der Waals surface area contributed by atoms with E-state index in [1.165, 1.54) is 0 Å². The van der Waals surface area contributed by atoms with Crippen molar-refractivity contribution in [2.45, 2.75) is 44.2 Å². The van der Waals surface area contributed by atoms with Gasteiger partial charge in [-0.1, -0.05) is 24.6 Å². The van der Waals surface area contributed by atoms with Gasteiger partial charge in [0.2, 0.25) is 5.91 Å². The van der Waals surface area contributed by atoms with Gasteiger partial charge < -0.3 is 19.6 Å². The third-order valence-corrected chi connectivity index (χ3v) is 7.44. The van der Waals surface area contributed by atoms with Crippen LogP contribution >= 0.6 is 0 Å². The Hall–Kier alpha value is -2.62. The molecule has 0 aromatic heterocycles. The van der Waals surface area contributed by atoms with Crippen LogP contribution in [0.1, 0.15) is 25.0 Å². The highest BCUT2D eigenvalue weighted by Crippen LogP contribution is 2.30. The molecule has 1 heterocycles. The fourth-order valence-electron chi connectivity index (χ4n) is 4.00. The Labute approximate surface area is 202 Å². The summed E-state index contributed by atoms with van der Waals surface area (Å²) in [6.45, 7) is 6.72. The molecule has 2 aromatic rings. The van der Waals surface area contributed by atoms with Crippen molar-refractivity contribution in [1.82, 2.24) is 9.80 Å². The average Bonchev–Trinajstić information content (AvgIpc) is 2.81. The van der Waals surface area contributed by atoms with E-state index in [9.17, 15) is 18.3 Å². The predicted octanol–water partition coefficient (Wildman–Crippen LogP) is 2.51. The zero-order valence-corrected chi connectivity index (χ0v) is 21.3. The highest BCUT2D eigenvalue weighted by atomic mass is 32.2. The van der Waals surface area contributed by atoms with Gasteiger partial charge in [0.1, 0.15) is 11.9 Å². The van der Waals surface area contributed by atoms with E-state index in [-0.39, 0.29) is 41.9 Å². The maximum Gasteiger partial charge on any atom is 0.261 e. The SMILES string of the molecule is Cc1ccc(S(=O)(=O)Nc2ccc3c(c2)CC(=O)N([C@@H](C)CO)C[C@@H](C)[C@H](CN(C)C)O3)cc1. The topological polar surface area (TPSA) is 99.2 Å². The highest BCUT2D eigenvalue weighted by Gasteiger charge is 2.31. The first kappa shape index (κ1) is 26.0. The van der Waals surface area contributed by atoms with Crippen LogP contribution in [0.15, 0.2) is 47.4 Å². The second-order valence-corrected chi connectivity index (χ2v) is 11.1. The van der Waals surface area contributed by atoms with Gasteiger partial charge in [-0.15, -0.1) is 0 Å². The van der Waals surface area contributed by atoms with Crippen LogP contribution in [0.4, 0.5) is 5.69 Å². The first-order valence-electron chi connectivity index (χ1n) is 11.4. The standard InChI is InChI=1S/C25H35N3O5S/c1-17-6-9-22(10-7-17)34(31,32)26-21-8-11-23-20(12-21)13-25(30)28(19(3)16-29)14-18(2)24(33-23)15-27(4)5/h6-12,18-19,24,26,29H,13-16H2,1-5H3/t18-,19+,24+/m1/s1. The number of carbonyl (C=O) groups excluding carboxylic acids is 1. The van der Waals surface area contributed by atoms with Gasteiger partial charge >= 0.3 is 0 Å². The second-order valence-electron chi connectivity index (χ2n) is 9.39. The van der Waals surface area contributed by atoms with Gasteiger partial charge in [-0.2, -0.15) is 0 Å². The first-order valence-corrected chi connectivity index (χ1v) is 12.9. The van der Waals surface area contributed by atoms with Crippen molar-refractivity contribution in [2.24, 2.45) is 5.92 Å². The number of sulfonamides is 1. The number of hydrogen-bond acceptors (Lipinski definition) is 6. The van der Waals surface area contributed by atoms with E-state index in [0.717, 1.165) is 5.56 Å². The van der Waals surface area contributed by atoms with Crippen LogP contribution in [-0.2, 0) is 21.2 Å². The number of hydrogen-bond donors (Lipinski definition) is 2. The van der Waals surface area contributed by atoms with Crippen molar-refractivity contribution >= 4 is 21.6 Å². The molecule has 0 spiro atoms. The first-order chi connectivity index (χ1) is 16.0. The molecule has 0 saturated carbocycles. The van der Waals surface area contributed by atoms with Crippen LogP contribution in [0.5, 0.6) is 5.75 Å². The Balaban J connectivity index is 1.97. The Morgan fingerprint density at radius 2 is 1.88 bits per heavy atom. The quantitative estimate of drug-likeness (QED) is 0.620. The molecule has 0 saturated heterocycles. The number of carbonyl (C=O) groups is 1. The van der Waals surface area contributed by atoms with E-state index < -0.39 is 10.0 Å². The third-order valence-electron chi connectivity index (χ3n) is 6.05. The molecular formula is C25H35N3O5S. The predicted molar refractivity (Wildman–Crippen MR) is 133 cm³/mol. The summed E-state index contributed by atoms with van der Waals surface area (Å²) < 4.78 is 34.7.